The van der Waals surface area contributed by atoms with Crippen LogP contribution in [0.5, 0.6) is 0 Å². The average molecular weight is 198 g/mol. The van der Waals surface area contributed by atoms with Crippen molar-refractivity contribution in [1.82, 2.24) is 0 Å². The first-order valence-electron chi connectivity index (χ1n) is 4.83. The highest BCUT2D eigenvalue weighted by molar-refractivity contribution is 5.50. The number of hydrogen-bond acceptors (Lipinski definition) is 1. The molecule has 0 saturated carbocycles. The van der Waals surface area contributed by atoms with Crippen molar-refractivity contribution in [2.24, 2.45) is 0 Å². The van der Waals surface area contributed by atoms with E-state index in [2.05, 4.69) is 18.1 Å². The second-order valence-electron chi connectivity index (χ2n) is 2.92. The van der Waals surface area contributed by atoms with E-state index < -0.39 is 0 Å². The maximum Gasteiger partial charge on any atom is 0.107 e. The van der Waals surface area contributed by atoms with Crippen LogP contribution < -0.4 is 0 Å². The first-order valence-corrected chi connectivity index (χ1v) is 4.83. The molecule has 1 rings (SSSR count). The van der Waals surface area contributed by atoms with Crippen molar-refractivity contribution < 1.29 is 4.74 Å². The van der Waals surface area contributed by atoms with E-state index in [1.54, 1.807) is 0 Å². The number of benzene rings is 1. The Hall–Kier alpha value is -1.78. The monoisotopic (exact) mass is 198 g/mol. The van der Waals surface area contributed by atoms with Crippen molar-refractivity contribution in [1.29, 1.82) is 0 Å². The number of ether oxygens (including phenoxy) is 1. The minimum absolute atomic E-state index is 0.368. The fourth-order valence-corrected chi connectivity index (χ4v) is 1.05. The molecule has 0 unspecified atom stereocenters. The van der Waals surface area contributed by atoms with E-state index in [-0.39, 0.29) is 0 Å². The van der Waals surface area contributed by atoms with E-state index in [0.29, 0.717) is 13.2 Å². The summed E-state index contributed by atoms with van der Waals surface area (Å²) in [4.78, 5) is 0. The summed E-state index contributed by atoms with van der Waals surface area (Å²) < 4.78 is 5.08. The lowest BCUT2D eigenvalue weighted by atomic mass is 10.2. The van der Waals surface area contributed by atoms with Gasteiger partial charge >= 0.3 is 0 Å². The van der Waals surface area contributed by atoms with Crippen molar-refractivity contribution >= 4 is 6.08 Å². The van der Waals surface area contributed by atoms with Gasteiger partial charge in [0.2, 0.25) is 0 Å². The number of allylic oxidation sites excluding steroid dienone is 2. The smallest absolute Gasteiger partial charge is 0.107 e. The predicted octanol–water partition coefficient (Wildman–Crippen LogP) is 2.91. The first-order chi connectivity index (χ1) is 7.43. The molecule has 0 aliphatic heterocycles. The number of hydrogen-bond donors (Lipinski definition) is 0. The zero-order chi connectivity index (χ0) is 10.8. The van der Waals surface area contributed by atoms with E-state index in [1.165, 1.54) is 5.56 Å². The Morgan fingerprint density at radius 3 is 2.73 bits per heavy atom. The third-order valence-electron chi connectivity index (χ3n) is 1.73. The Labute approximate surface area is 91.1 Å². The third-order valence-corrected chi connectivity index (χ3v) is 1.73. The topological polar surface area (TPSA) is 9.23 Å². The molecule has 1 heteroatoms. The molecule has 0 aliphatic rings. The number of terminal acetylenes is 1. The molecule has 0 radical (unpaired) electrons. The molecule has 76 valence electrons. The summed E-state index contributed by atoms with van der Waals surface area (Å²) in [6.07, 6.45) is 12.9. The molecular weight excluding hydrogens is 184 g/mol. The summed E-state index contributed by atoms with van der Waals surface area (Å²) in [5, 5.41) is 0. The van der Waals surface area contributed by atoms with E-state index >= 15 is 0 Å². The second-order valence-corrected chi connectivity index (χ2v) is 2.92. The molecule has 1 aromatic rings. The van der Waals surface area contributed by atoms with Gasteiger partial charge in [-0.2, -0.15) is 0 Å². The van der Waals surface area contributed by atoms with E-state index in [4.69, 9.17) is 11.2 Å². The van der Waals surface area contributed by atoms with Gasteiger partial charge in [0.15, 0.2) is 0 Å². The largest absolute Gasteiger partial charge is 0.365 e. The van der Waals surface area contributed by atoms with Gasteiger partial charge in [0.25, 0.3) is 0 Å². The van der Waals surface area contributed by atoms with E-state index in [1.807, 2.05) is 42.5 Å². The lowest BCUT2D eigenvalue weighted by molar-refractivity contribution is 0.199. The minimum atomic E-state index is 0.368. The highest BCUT2D eigenvalue weighted by Gasteiger charge is 1.80. The zero-order valence-electron chi connectivity index (χ0n) is 8.60. The fraction of sp³-hybridized carbons (Fsp3) is 0.143. The van der Waals surface area contributed by atoms with Crippen LogP contribution in [-0.4, -0.2) is 13.2 Å². The Balaban J connectivity index is 2.25. The molecular formula is C14H14O. The SMILES string of the molecule is C#CCOC/C=C/C=C/c1ccccc1. The van der Waals surface area contributed by atoms with Gasteiger partial charge in [0.05, 0.1) is 6.61 Å². The molecule has 0 atom stereocenters. The van der Waals surface area contributed by atoms with Gasteiger partial charge in [-0.05, 0) is 5.56 Å². The molecule has 0 aliphatic carbocycles. The summed E-state index contributed by atoms with van der Waals surface area (Å²) in [7, 11) is 0. The minimum Gasteiger partial charge on any atom is -0.365 e. The summed E-state index contributed by atoms with van der Waals surface area (Å²) in [6.45, 7) is 0.927. The maximum atomic E-state index is 5.08. The molecule has 0 amide bonds. The molecule has 0 bridgehead atoms. The summed E-state index contributed by atoms with van der Waals surface area (Å²) in [5.74, 6) is 2.41. The quantitative estimate of drug-likeness (QED) is 0.401. The molecule has 0 aromatic heterocycles. The Kier molecular flexibility index (Phi) is 5.73. The van der Waals surface area contributed by atoms with Gasteiger partial charge in [-0.15, -0.1) is 6.42 Å². The van der Waals surface area contributed by atoms with Crippen LogP contribution in [0.4, 0.5) is 0 Å². The molecule has 15 heavy (non-hydrogen) atoms. The van der Waals surface area contributed by atoms with Crippen molar-refractivity contribution in [3.8, 4) is 12.3 Å². The zero-order valence-corrected chi connectivity index (χ0v) is 8.60. The van der Waals surface area contributed by atoms with Crippen molar-refractivity contribution in [3.63, 3.8) is 0 Å². The van der Waals surface area contributed by atoms with Crippen LogP contribution in [-0.2, 0) is 4.74 Å². The van der Waals surface area contributed by atoms with E-state index in [0.717, 1.165) is 0 Å². The van der Waals surface area contributed by atoms with Crippen LogP contribution in [0.25, 0.3) is 6.08 Å². The molecule has 1 aromatic carbocycles. The van der Waals surface area contributed by atoms with Crippen LogP contribution >= 0.6 is 0 Å². The fourth-order valence-electron chi connectivity index (χ4n) is 1.05. The summed E-state index contributed by atoms with van der Waals surface area (Å²) in [6, 6.07) is 10.1. The third kappa shape index (κ3) is 5.51. The summed E-state index contributed by atoms with van der Waals surface area (Å²) >= 11 is 0. The van der Waals surface area contributed by atoms with Crippen LogP contribution in [0, 0.1) is 12.3 Å². The molecule has 0 heterocycles. The Morgan fingerprint density at radius 2 is 2.00 bits per heavy atom. The van der Waals surface area contributed by atoms with Crippen LogP contribution in [0.1, 0.15) is 5.56 Å². The first kappa shape index (κ1) is 11.3. The van der Waals surface area contributed by atoms with Crippen molar-refractivity contribution in [3.05, 3.63) is 54.1 Å². The van der Waals surface area contributed by atoms with Crippen LogP contribution in [0.3, 0.4) is 0 Å². The van der Waals surface area contributed by atoms with Crippen LogP contribution in [0.2, 0.25) is 0 Å². The normalized spacial score (nSPS) is 10.9. The standard InChI is InChI=1S/C14H14O/c1-2-12-15-13-8-4-7-11-14-9-5-3-6-10-14/h1,3-11H,12-13H2/b8-4+,11-7+. The summed E-state index contributed by atoms with van der Waals surface area (Å²) in [5.41, 5.74) is 1.19. The number of rotatable bonds is 5. The van der Waals surface area contributed by atoms with Crippen molar-refractivity contribution in [2.75, 3.05) is 13.2 Å². The van der Waals surface area contributed by atoms with Gasteiger partial charge in [0.1, 0.15) is 6.61 Å². The molecule has 0 spiro atoms. The predicted molar refractivity (Wildman–Crippen MR) is 64.3 cm³/mol. The Bertz CT molecular complexity index is 355. The van der Waals surface area contributed by atoms with Gasteiger partial charge in [-0.1, -0.05) is 60.6 Å². The molecule has 0 saturated heterocycles. The highest BCUT2D eigenvalue weighted by Crippen LogP contribution is 2.00. The lowest BCUT2D eigenvalue weighted by Crippen LogP contribution is -1.89. The molecule has 0 N–H and O–H groups in total. The lowest BCUT2D eigenvalue weighted by Gasteiger charge is -1.91. The van der Waals surface area contributed by atoms with Gasteiger partial charge < -0.3 is 4.74 Å². The Morgan fingerprint density at radius 1 is 1.20 bits per heavy atom. The van der Waals surface area contributed by atoms with Crippen LogP contribution in [0.15, 0.2) is 48.6 Å². The molecule has 0 fully saturated rings. The molecule has 1 nitrogen and oxygen atoms in total. The van der Waals surface area contributed by atoms with Gasteiger partial charge in [-0.25, -0.2) is 0 Å². The van der Waals surface area contributed by atoms with E-state index in [9.17, 15) is 0 Å². The second kappa shape index (κ2) is 7.61. The van der Waals surface area contributed by atoms with Gasteiger partial charge in [-0.3, -0.25) is 0 Å². The highest BCUT2D eigenvalue weighted by atomic mass is 16.5. The average Bonchev–Trinajstić information content (AvgIpc) is 2.29. The maximum absolute atomic E-state index is 5.08. The van der Waals surface area contributed by atoms with Crippen molar-refractivity contribution in [2.45, 2.75) is 0 Å². The van der Waals surface area contributed by atoms with Gasteiger partial charge in [0, 0.05) is 0 Å².